The number of carboxylic acid groups (broad SMARTS) is 1. The lowest BCUT2D eigenvalue weighted by Gasteiger charge is -2.10. The van der Waals surface area contributed by atoms with Gasteiger partial charge in [-0.3, -0.25) is 15.0 Å². The van der Waals surface area contributed by atoms with Crippen LogP contribution in [0.4, 0.5) is 11.4 Å². The molecule has 0 bridgehead atoms. The van der Waals surface area contributed by atoms with E-state index in [1.54, 1.807) is 60.7 Å². The van der Waals surface area contributed by atoms with Crippen LogP contribution in [0, 0.1) is 5.41 Å². The van der Waals surface area contributed by atoms with Crippen LogP contribution in [-0.4, -0.2) is 28.9 Å². The Balaban J connectivity index is 1.52. The summed E-state index contributed by atoms with van der Waals surface area (Å²) >= 11 is 6.32. The first-order valence-corrected chi connectivity index (χ1v) is 10.9. The molecule has 180 valence electrons. The van der Waals surface area contributed by atoms with Gasteiger partial charge in [0.15, 0.2) is 5.96 Å². The monoisotopic (exact) mass is 494 g/mol. The van der Waals surface area contributed by atoms with E-state index in [0.29, 0.717) is 33.9 Å². The van der Waals surface area contributed by atoms with Crippen LogP contribution >= 0.6 is 11.6 Å². The fourth-order valence-electron chi connectivity index (χ4n) is 3.16. The van der Waals surface area contributed by atoms with E-state index in [9.17, 15) is 14.4 Å². The van der Waals surface area contributed by atoms with Gasteiger partial charge < -0.3 is 26.2 Å². The standard InChI is InChI=1S/C25H23ClN4O5/c26-21-14-20(35-24(34)17-3-9-19(10-4-17)30-25(27)28)11-5-16(21)6-12-22(31)29-18-7-1-15(2-8-18)13-23(32)33/h1-5,7-11,14H,6,12-13H2,(H,29,31)(H,32,33)(H4,27,28,30). The van der Waals surface area contributed by atoms with Crippen molar-refractivity contribution < 1.29 is 24.2 Å². The van der Waals surface area contributed by atoms with Gasteiger partial charge in [-0.25, -0.2) is 4.79 Å². The molecule has 0 aliphatic carbocycles. The van der Waals surface area contributed by atoms with Crippen molar-refractivity contribution in [2.75, 3.05) is 10.6 Å². The molecule has 6 N–H and O–H groups in total. The highest BCUT2D eigenvalue weighted by molar-refractivity contribution is 6.31. The Morgan fingerprint density at radius 1 is 0.943 bits per heavy atom. The number of carbonyl (C=O) groups is 3. The van der Waals surface area contributed by atoms with E-state index >= 15 is 0 Å². The average Bonchev–Trinajstić information content (AvgIpc) is 2.79. The molecule has 0 heterocycles. The van der Waals surface area contributed by atoms with Crippen LogP contribution in [0.3, 0.4) is 0 Å². The number of guanidine groups is 1. The first kappa shape index (κ1) is 25.3. The van der Waals surface area contributed by atoms with Crippen molar-refractivity contribution >= 4 is 46.8 Å². The molecule has 0 fully saturated rings. The van der Waals surface area contributed by atoms with Gasteiger partial charge in [-0.1, -0.05) is 29.8 Å². The van der Waals surface area contributed by atoms with Gasteiger partial charge >= 0.3 is 11.9 Å². The van der Waals surface area contributed by atoms with Crippen molar-refractivity contribution in [1.82, 2.24) is 0 Å². The van der Waals surface area contributed by atoms with Gasteiger partial charge in [0, 0.05) is 22.8 Å². The number of amides is 1. The van der Waals surface area contributed by atoms with E-state index in [0.717, 1.165) is 5.56 Å². The smallest absolute Gasteiger partial charge is 0.343 e. The summed E-state index contributed by atoms with van der Waals surface area (Å²) < 4.78 is 5.37. The largest absolute Gasteiger partial charge is 0.481 e. The quantitative estimate of drug-likeness (QED) is 0.130. The molecule has 10 heteroatoms. The third-order valence-corrected chi connectivity index (χ3v) is 5.20. The van der Waals surface area contributed by atoms with Gasteiger partial charge in [0.25, 0.3) is 0 Å². The Hall–Kier alpha value is -4.37. The fourth-order valence-corrected chi connectivity index (χ4v) is 3.42. The van der Waals surface area contributed by atoms with Gasteiger partial charge in [-0.2, -0.15) is 0 Å². The van der Waals surface area contributed by atoms with Crippen molar-refractivity contribution in [3.05, 3.63) is 88.4 Å². The van der Waals surface area contributed by atoms with Crippen LogP contribution in [0.5, 0.6) is 5.75 Å². The summed E-state index contributed by atoms with van der Waals surface area (Å²) in [6.45, 7) is 0. The summed E-state index contributed by atoms with van der Waals surface area (Å²) in [5, 5.41) is 21.8. The number of hydrogen-bond donors (Lipinski definition) is 5. The number of anilines is 2. The van der Waals surface area contributed by atoms with E-state index in [-0.39, 0.29) is 30.5 Å². The van der Waals surface area contributed by atoms with Crippen molar-refractivity contribution in [2.24, 2.45) is 5.73 Å². The molecular formula is C25H23ClN4O5. The molecule has 0 unspecified atom stereocenters. The zero-order valence-corrected chi connectivity index (χ0v) is 19.3. The number of esters is 1. The number of rotatable bonds is 9. The number of hydrogen-bond acceptors (Lipinski definition) is 5. The summed E-state index contributed by atoms with van der Waals surface area (Å²) in [6, 6.07) is 17.7. The molecule has 0 saturated heterocycles. The number of halogens is 1. The van der Waals surface area contributed by atoms with E-state index in [1.807, 2.05) is 0 Å². The van der Waals surface area contributed by atoms with Crippen LogP contribution in [0.25, 0.3) is 0 Å². The number of nitrogens with one attached hydrogen (secondary N) is 3. The predicted molar refractivity (Wildman–Crippen MR) is 133 cm³/mol. The highest BCUT2D eigenvalue weighted by atomic mass is 35.5. The van der Waals surface area contributed by atoms with Gasteiger partial charge in [0.1, 0.15) is 5.75 Å². The number of carbonyl (C=O) groups excluding carboxylic acids is 2. The van der Waals surface area contributed by atoms with Gasteiger partial charge in [-0.15, -0.1) is 0 Å². The molecule has 0 aromatic heterocycles. The molecule has 35 heavy (non-hydrogen) atoms. The normalized spacial score (nSPS) is 10.3. The highest BCUT2D eigenvalue weighted by Gasteiger charge is 2.12. The number of aliphatic carboxylic acids is 1. The van der Waals surface area contributed by atoms with Crippen LogP contribution in [0.15, 0.2) is 66.7 Å². The molecule has 3 aromatic carbocycles. The SMILES string of the molecule is N=C(N)Nc1ccc(C(=O)Oc2ccc(CCC(=O)Nc3ccc(CC(=O)O)cc3)c(Cl)c2)cc1. The Labute approximate surface area is 206 Å². The van der Waals surface area contributed by atoms with Crippen molar-refractivity contribution in [1.29, 1.82) is 5.41 Å². The van der Waals surface area contributed by atoms with Crippen molar-refractivity contribution in [3.63, 3.8) is 0 Å². The summed E-state index contributed by atoms with van der Waals surface area (Å²) in [4.78, 5) is 35.4. The third-order valence-electron chi connectivity index (χ3n) is 4.85. The van der Waals surface area contributed by atoms with E-state index in [4.69, 9.17) is 32.6 Å². The lowest BCUT2D eigenvalue weighted by atomic mass is 10.1. The third kappa shape index (κ3) is 7.86. The molecule has 0 atom stereocenters. The Morgan fingerprint density at radius 2 is 1.57 bits per heavy atom. The second-order valence-corrected chi connectivity index (χ2v) is 7.98. The molecule has 0 saturated carbocycles. The van der Waals surface area contributed by atoms with Gasteiger partial charge in [0.2, 0.25) is 5.91 Å². The number of carboxylic acids is 1. The molecule has 9 nitrogen and oxygen atoms in total. The van der Waals surface area contributed by atoms with Crippen molar-refractivity contribution in [2.45, 2.75) is 19.3 Å². The van der Waals surface area contributed by atoms with Crippen LogP contribution < -0.4 is 21.1 Å². The van der Waals surface area contributed by atoms with E-state index in [2.05, 4.69) is 10.6 Å². The Morgan fingerprint density at radius 3 is 2.17 bits per heavy atom. The number of nitrogens with two attached hydrogens (primary N) is 1. The summed E-state index contributed by atoms with van der Waals surface area (Å²) in [5.41, 5.74) is 8.09. The minimum Gasteiger partial charge on any atom is -0.481 e. The van der Waals surface area contributed by atoms with Crippen LogP contribution in [0.2, 0.25) is 5.02 Å². The topological polar surface area (TPSA) is 155 Å². The molecule has 0 spiro atoms. The number of aryl methyl sites for hydroxylation is 1. The first-order chi connectivity index (χ1) is 16.7. The van der Waals surface area contributed by atoms with E-state index in [1.165, 1.54) is 6.07 Å². The van der Waals surface area contributed by atoms with Crippen molar-refractivity contribution in [3.8, 4) is 5.75 Å². The molecule has 0 radical (unpaired) electrons. The number of ether oxygens (including phenoxy) is 1. The predicted octanol–water partition coefficient (Wildman–Crippen LogP) is 4.06. The second-order valence-electron chi connectivity index (χ2n) is 7.57. The number of benzene rings is 3. The van der Waals surface area contributed by atoms with Crippen LogP contribution in [0.1, 0.15) is 27.9 Å². The maximum atomic E-state index is 12.4. The molecular weight excluding hydrogens is 472 g/mol. The molecule has 3 aromatic rings. The van der Waals surface area contributed by atoms with Gasteiger partial charge in [-0.05, 0) is 66.1 Å². The Kier molecular flexibility index (Phi) is 8.42. The molecule has 0 aliphatic rings. The average molecular weight is 495 g/mol. The minimum atomic E-state index is -0.920. The lowest BCUT2D eigenvalue weighted by Crippen LogP contribution is -2.20. The zero-order valence-electron chi connectivity index (χ0n) is 18.5. The Bertz CT molecular complexity index is 1240. The molecule has 3 rings (SSSR count). The van der Waals surface area contributed by atoms with Crippen LogP contribution in [-0.2, 0) is 22.4 Å². The van der Waals surface area contributed by atoms with Gasteiger partial charge in [0.05, 0.1) is 12.0 Å². The van der Waals surface area contributed by atoms with E-state index < -0.39 is 11.9 Å². The summed E-state index contributed by atoms with van der Waals surface area (Å²) in [5.74, 6) is -1.65. The molecule has 1 amide bonds. The lowest BCUT2D eigenvalue weighted by molar-refractivity contribution is -0.136. The summed E-state index contributed by atoms with van der Waals surface area (Å²) in [6.07, 6.45) is 0.472. The maximum Gasteiger partial charge on any atom is 0.343 e. The first-order valence-electron chi connectivity index (χ1n) is 10.5. The minimum absolute atomic E-state index is 0.0804. The summed E-state index contributed by atoms with van der Waals surface area (Å²) in [7, 11) is 0. The highest BCUT2D eigenvalue weighted by Crippen LogP contribution is 2.25. The molecule has 0 aliphatic heterocycles. The maximum absolute atomic E-state index is 12.4. The second kappa shape index (κ2) is 11.7. The zero-order chi connectivity index (χ0) is 25.4. The fraction of sp³-hybridized carbons (Fsp3) is 0.120.